The Kier molecular flexibility index (Phi) is 7.41. The van der Waals surface area contributed by atoms with Crippen molar-refractivity contribution < 1.29 is 4.79 Å². The number of nitrogens with two attached hydrogens (primary N) is 1. The number of nitrogen functional groups attached to an aromatic ring is 1. The molecule has 0 aliphatic carbocycles. The monoisotopic (exact) mass is 280 g/mol. The summed E-state index contributed by atoms with van der Waals surface area (Å²) >= 11 is 1.89. The van der Waals surface area contributed by atoms with Crippen molar-refractivity contribution in [3.8, 4) is 0 Å². The van der Waals surface area contributed by atoms with Gasteiger partial charge in [-0.25, -0.2) is 0 Å². The van der Waals surface area contributed by atoms with E-state index in [1.165, 1.54) is 25.0 Å². The molecule has 4 heteroatoms. The molecule has 1 aromatic carbocycles. The molecule has 0 saturated heterocycles. The van der Waals surface area contributed by atoms with Gasteiger partial charge in [0, 0.05) is 17.8 Å². The molecule has 0 bridgehead atoms. The zero-order chi connectivity index (χ0) is 14.1. The van der Waals surface area contributed by atoms with Gasteiger partial charge in [0.1, 0.15) is 0 Å². The largest absolute Gasteiger partial charge is 0.399 e. The molecule has 3 nitrogen and oxygen atoms in total. The number of benzene rings is 1. The van der Waals surface area contributed by atoms with Crippen molar-refractivity contribution in [3.63, 3.8) is 0 Å². The van der Waals surface area contributed by atoms with Crippen LogP contribution in [0.2, 0.25) is 0 Å². The van der Waals surface area contributed by atoms with Gasteiger partial charge in [0.25, 0.3) is 5.91 Å². The lowest BCUT2D eigenvalue weighted by Gasteiger charge is -2.07. The van der Waals surface area contributed by atoms with Gasteiger partial charge in [-0.05, 0) is 55.5 Å². The van der Waals surface area contributed by atoms with Gasteiger partial charge in [-0.15, -0.1) is 0 Å². The zero-order valence-corrected chi connectivity index (χ0v) is 12.7. The predicted octanol–water partition coefficient (Wildman–Crippen LogP) is 3.23. The average Bonchev–Trinajstić information content (AvgIpc) is 2.40. The molecule has 0 aliphatic heterocycles. The normalized spacial score (nSPS) is 10.4. The van der Waals surface area contributed by atoms with Crippen LogP contribution in [0.5, 0.6) is 0 Å². The van der Waals surface area contributed by atoms with E-state index in [1.807, 2.05) is 24.8 Å². The molecular weight excluding hydrogens is 256 g/mol. The average molecular weight is 280 g/mol. The van der Waals surface area contributed by atoms with Crippen molar-refractivity contribution in [1.82, 2.24) is 5.32 Å². The molecule has 19 heavy (non-hydrogen) atoms. The fourth-order valence-electron chi connectivity index (χ4n) is 1.85. The Labute approximate surface area is 120 Å². The Bertz CT molecular complexity index is 407. The van der Waals surface area contributed by atoms with Crippen LogP contribution < -0.4 is 11.1 Å². The van der Waals surface area contributed by atoms with Crippen LogP contribution in [-0.2, 0) is 0 Å². The highest BCUT2D eigenvalue weighted by molar-refractivity contribution is 7.98. The topological polar surface area (TPSA) is 55.1 Å². The van der Waals surface area contributed by atoms with Crippen molar-refractivity contribution in [2.75, 3.05) is 24.3 Å². The highest BCUT2D eigenvalue weighted by Gasteiger charge is 2.05. The second-order valence-corrected chi connectivity index (χ2v) is 5.72. The van der Waals surface area contributed by atoms with E-state index in [0.717, 1.165) is 24.2 Å². The number of nitrogens with one attached hydrogen (secondary N) is 1. The maximum atomic E-state index is 11.9. The fourth-order valence-corrected chi connectivity index (χ4v) is 2.34. The number of hydrogen-bond donors (Lipinski definition) is 2. The first-order valence-corrected chi connectivity index (χ1v) is 8.18. The van der Waals surface area contributed by atoms with Crippen LogP contribution in [-0.4, -0.2) is 24.5 Å². The lowest BCUT2D eigenvalue weighted by molar-refractivity contribution is 0.0953. The molecule has 0 saturated carbocycles. The summed E-state index contributed by atoms with van der Waals surface area (Å²) in [6.45, 7) is 2.67. The summed E-state index contributed by atoms with van der Waals surface area (Å²) < 4.78 is 0. The van der Waals surface area contributed by atoms with Gasteiger partial charge in [-0.3, -0.25) is 4.79 Å². The quantitative estimate of drug-likeness (QED) is 0.568. The standard InChI is InChI=1S/C15H24N2OS/c1-12-11-13(7-8-14(12)16)15(18)17-9-5-3-4-6-10-19-2/h7-8,11H,3-6,9-10,16H2,1-2H3,(H,17,18). The van der Waals surface area contributed by atoms with Crippen molar-refractivity contribution in [2.45, 2.75) is 32.6 Å². The molecule has 0 atom stereocenters. The first kappa shape index (κ1) is 15.9. The summed E-state index contributed by atoms with van der Waals surface area (Å²) in [5.74, 6) is 1.23. The van der Waals surface area contributed by atoms with E-state index in [4.69, 9.17) is 5.73 Å². The predicted molar refractivity (Wildman–Crippen MR) is 84.8 cm³/mol. The molecule has 0 aliphatic rings. The van der Waals surface area contributed by atoms with Crippen molar-refractivity contribution in [2.24, 2.45) is 0 Å². The lowest BCUT2D eigenvalue weighted by Crippen LogP contribution is -2.24. The Morgan fingerprint density at radius 2 is 2.00 bits per heavy atom. The summed E-state index contributed by atoms with van der Waals surface area (Å²) in [5.41, 5.74) is 8.10. The van der Waals surface area contributed by atoms with E-state index >= 15 is 0 Å². The van der Waals surface area contributed by atoms with Crippen LogP contribution in [0.1, 0.15) is 41.6 Å². The number of hydrogen-bond acceptors (Lipinski definition) is 3. The van der Waals surface area contributed by atoms with Crippen molar-refractivity contribution >= 4 is 23.4 Å². The van der Waals surface area contributed by atoms with E-state index in [-0.39, 0.29) is 5.91 Å². The van der Waals surface area contributed by atoms with Crippen molar-refractivity contribution in [3.05, 3.63) is 29.3 Å². The maximum absolute atomic E-state index is 11.9. The number of carbonyl (C=O) groups is 1. The van der Waals surface area contributed by atoms with E-state index in [1.54, 1.807) is 12.1 Å². The molecule has 3 N–H and O–H groups in total. The van der Waals surface area contributed by atoms with Gasteiger partial charge >= 0.3 is 0 Å². The Morgan fingerprint density at radius 3 is 2.68 bits per heavy atom. The molecule has 0 unspecified atom stereocenters. The van der Waals surface area contributed by atoms with Crippen molar-refractivity contribution in [1.29, 1.82) is 0 Å². The van der Waals surface area contributed by atoms with E-state index in [9.17, 15) is 4.79 Å². The molecular formula is C15H24N2OS. The van der Waals surface area contributed by atoms with Crippen LogP contribution in [0.25, 0.3) is 0 Å². The summed E-state index contributed by atoms with van der Waals surface area (Å²) in [6, 6.07) is 5.39. The number of rotatable bonds is 8. The molecule has 106 valence electrons. The second kappa shape index (κ2) is 8.86. The molecule has 0 aromatic heterocycles. The summed E-state index contributed by atoms with van der Waals surface area (Å²) in [7, 11) is 0. The molecule has 1 aromatic rings. The van der Waals surface area contributed by atoms with Crippen LogP contribution >= 0.6 is 11.8 Å². The van der Waals surface area contributed by atoms with Crippen LogP contribution in [0, 0.1) is 6.92 Å². The van der Waals surface area contributed by atoms with Gasteiger partial charge in [0.2, 0.25) is 0 Å². The number of carbonyl (C=O) groups excluding carboxylic acids is 1. The minimum atomic E-state index is -0.00721. The van der Waals surface area contributed by atoms with E-state index in [2.05, 4.69) is 11.6 Å². The smallest absolute Gasteiger partial charge is 0.251 e. The number of anilines is 1. The molecule has 1 amide bonds. The van der Waals surface area contributed by atoms with Gasteiger partial charge in [0.05, 0.1) is 0 Å². The lowest BCUT2D eigenvalue weighted by atomic mass is 10.1. The van der Waals surface area contributed by atoms with Crippen LogP contribution in [0.3, 0.4) is 0 Å². The molecule has 0 radical (unpaired) electrons. The Balaban J connectivity index is 2.22. The second-order valence-electron chi connectivity index (χ2n) is 4.73. The summed E-state index contributed by atoms with van der Waals surface area (Å²) in [6.07, 6.45) is 6.88. The number of thioether (sulfide) groups is 1. The maximum Gasteiger partial charge on any atom is 0.251 e. The first-order valence-electron chi connectivity index (χ1n) is 6.78. The van der Waals surface area contributed by atoms with E-state index < -0.39 is 0 Å². The molecule has 1 rings (SSSR count). The summed E-state index contributed by atoms with van der Waals surface area (Å²) in [5, 5.41) is 2.95. The third-order valence-electron chi connectivity index (χ3n) is 3.09. The minimum absolute atomic E-state index is 0.00721. The number of unbranched alkanes of at least 4 members (excludes halogenated alkanes) is 3. The number of amides is 1. The fraction of sp³-hybridized carbons (Fsp3) is 0.533. The van der Waals surface area contributed by atoms with Gasteiger partial charge in [-0.1, -0.05) is 12.8 Å². The Morgan fingerprint density at radius 1 is 1.26 bits per heavy atom. The first-order chi connectivity index (χ1) is 9.15. The highest BCUT2D eigenvalue weighted by Crippen LogP contribution is 2.12. The van der Waals surface area contributed by atoms with Gasteiger partial charge in [-0.2, -0.15) is 11.8 Å². The number of aryl methyl sites for hydroxylation is 1. The minimum Gasteiger partial charge on any atom is -0.399 e. The Hall–Kier alpha value is -1.16. The van der Waals surface area contributed by atoms with Gasteiger partial charge < -0.3 is 11.1 Å². The molecule has 0 spiro atoms. The highest BCUT2D eigenvalue weighted by atomic mass is 32.2. The molecule has 0 heterocycles. The third-order valence-corrected chi connectivity index (χ3v) is 3.79. The third kappa shape index (κ3) is 6.01. The van der Waals surface area contributed by atoms with Crippen LogP contribution in [0.4, 0.5) is 5.69 Å². The zero-order valence-electron chi connectivity index (χ0n) is 11.9. The van der Waals surface area contributed by atoms with E-state index in [0.29, 0.717) is 5.56 Å². The SMILES string of the molecule is CSCCCCCCNC(=O)c1ccc(N)c(C)c1. The van der Waals surface area contributed by atoms with Crippen LogP contribution in [0.15, 0.2) is 18.2 Å². The van der Waals surface area contributed by atoms with Gasteiger partial charge in [0.15, 0.2) is 0 Å². The molecule has 0 fully saturated rings. The summed E-state index contributed by atoms with van der Waals surface area (Å²) in [4.78, 5) is 11.9.